The number of benzene rings is 1. The number of para-hydroxylation sites is 1. The van der Waals surface area contributed by atoms with E-state index in [0.29, 0.717) is 0 Å². The average Bonchev–Trinajstić information content (AvgIpc) is 2.28. The van der Waals surface area contributed by atoms with Crippen molar-refractivity contribution < 1.29 is 4.79 Å². The minimum absolute atomic E-state index is 0.0787. The summed E-state index contributed by atoms with van der Waals surface area (Å²) >= 11 is 0. The summed E-state index contributed by atoms with van der Waals surface area (Å²) in [5.41, 5.74) is 2.07. The average molecular weight is 171 g/mol. The second-order valence-corrected chi connectivity index (χ2v) is 3.29. The molecule has 1 unspecified atom stereocenters. The van der Waals surface area contributed by atoms with Gasteiger partial charge in [0.05, 0.1) is 7.85 Å². The summed E-state index contributed by atoms with van der Waals surface area (Å²) in [5.74, 6) is -0.447. The highest BCUT2D eigenvalue weighted by molar-refractivity contribution is 6.26. The number of carbonyl (C=O) groups excluding carboxylic acids is 1. The van der Waals surface area contributed by atoms with Crippen molar-refractivity contribution in [3.63, 3.8) is 0 Å². The Morgan fingerprint density at radius 2 is 2.15 bits per heavy atom. The van der Waals surface area contributed by atoms with Gasteiger partial charge in [0.1, 0.15) is 0 Å². The van der Waals surface area contributed by atoms with Gasteiger partial charge in [-0.15, -0.1) is 0 Å². The first-order valence-electron chi connectivity index (χ1n) is 4.42. The molecule has 3 heteroatoms. The molecule has 2 nitrogen and oxygen atoms in total. The number of carbonyl (C=O) groups is 1. The molecule has 1 aliphatic rings. The predicted octanol–water partition coefficient (Wildman–Crippen LogP) is 1.53. The summed E-state index contributed by atoms with van der Waals surface area (Å²) in [4.78, 5) is 11.3. The third-order valence-corrected chi connectivity index (χ3v) is 2.34. The Balaban J connectivity index is 2.35. The summed E-state index contributed by atoms with van der Waals surface area (Å²) < 4.78 is 0. The van der Waals surface area contributed by atoms with Crippen molar-refractivity contribution in [1.82, 2.24) is 0 Å². The maximum atomic E-state index is 11.3. The molecular weight excluding hydrogens is 161 g/mol. The van der Waals surface area contributed by atoms with Gasteiger partial charge in [0, 0.05) is 11.5 Å². The number of anilines is 1. The van der Waals surface area contributed by atoms with E-state index in [4.69, 9.17) is 7.85 Å². The predicted molar refractivity (Wildman–Crippen MR) is 52.9 cm³/mol. The van der Waals surface area contributed by atoms with Gasteiger partial charge in [-0.25, -0.2) is 0 Å². The Kier molecular flexibility index (Phi) is 2.09. The van der Waals surface area contributed by atoms with Crippen LogP contribution in [0, 0.1) is 0 Å². The molecule has 1 aliphatic heterocycles. The van der Waals surface area contributed by atoms with Crippen molar-refractivity contribution in [3.05, 3.63) is 29.8 Å². The molecule has 0 fully saturated rings. The van der Waals surface area contributed by atoms with Gasteiger partial charge in [-0.3, -0.25) is 4.79 Å². The molecule has 0 aliphatic carbocycles. The molecule has 64 valence electrons. The Bertz CT molecular complexity index is 337. The zero-order valence-electron chi connectivity index (χ0n) is 7.29. The smallest absolute Gasteiger partial charge is 0.218 e. The lowest BCUT2D eigenvalue weighted by Gasteiger charge is -2.06. The Labute approximate surface area is 78.7 Å². The highest BCUT2D eigenvalue weighted by atomic mass is 16.1. The highest BCUT2D eigenvalue weighted by Crippen LogP contribution is 2.24. The lowest BCUT2D eigenvalue weighted by atomic mass is 9.83. The second kappa shape index (κ2) is 3.25. The van der Waals surface area contributed by atoms with Gasteiger partial charge in [0.25, 0.3) is 0 Å². The van der Waals surface area contributed by atoms with Crippen molar-refractivity contribution in [3.8, 4) is 0 Å². The van der Waals surface area contributed by atoms with Gasteiger partial charge in [-0.2, -0.15) is 0 Å². The fourth-order valence-corrected chi connectivity index (χ4v) is 1.53. The number of hydrogen-bond donors (Lipinski definition) is 1. The molecule has 0 spiro atoms. The van der Waals surface area contributed by atoms with E-state index < -0.39 is 0 Å². The van der Waals surface area contributed by atoms with Crippen LogP contribution >= 0.6 is 0 Å². The van der Waals surface area contributed by atoms with E-state index in [9.17, 15) is 4.79 Å². The quantitative estimate of drug-likeness (QED) is 0.589. The van der Waals surface area contributed by atoms with Crippen molar-refractivity contribution in [2.45, 2.75) is 18.7 Å². The number of fused-ring (bicyclic) bond motifs is 1. The number of rotatable bonds is 0. The van der Waals surface area contributed by atoms with E-state index in [-0.39, 0.29) is 11.7 Å². The first-order valence-corrected chi connectivity index (χ1v) is 4.42. The van der Waals surface area contributed by atoms with Crippen LogP contribution in [0.4, 0.5) is 5.69 Å². The van der Waals surface area contributed by atoms with Crippen LogP contribution < -0.4 is 5.32 Å². The Morgan fingerprint density at radius 1 is 1.38 bits per heavy atom. The zero-order chi connectivity index (χ0) is 9.26. The summed E-state index contributed by atoms with van der Waals surface area (Å²) in [5, 5.41) is 2.81. The van der Waals surface area contributed by atoms with Crippen LogP contribution in [0.3, 0.4) is 0 Å². The van der Waals surface area contributed by atoms with Gasteiger partial charge < -0.3 is 5.32 Å². The van der Waals surface area contributed by atoms with Gasteiger partial charge in [-0.05, 0) is 24.5 Å². The SMILES string of the molecule is [B]C1CCc2ccccc2NC1=O. The molecular formula is C10H10BNO. The van der Waals surface area contributed by atoms with Crippen LogP contribution in [0.25, 0.3) is 0 Å². The maximum Gasteiger partial charge on any atom is 0.218 e. The molecule has 1 N–H and O–H groups in total. The molecule has 1 amide bonds. The Hall–Kier alpha value is -1.25. The summed E-state index contributed by atoms with van der Waals surface area (Å²) in [6.07, 6.45) is 1.60. The van der Waals surface area contributed by atoms with Crippen LogP contribution in [0.1, 0.15) is 12.0 Å². The number of aryl methyl sites for hydroxylation is 1. The molecule has 0 aromatic heterocycles. The van der Waals surface area contributed by atoms with E-state index in [0.717, 1.165) is 18.5 Å². The van der Waals surface area contributed by atoms with E-state index in [1.165, 1.54) is 5.56 Å². The van der Waals surface area contributed by atoms with Crippen LogP contribution in [0.2, 0.25) is 5.82 Å². The van der Waals surface area contributed by atoms with Crippen molar-refractivity contribution in [1.29, 1.82) is 0 Å². The number of hydrogen-bond acceptors (Lipinski definition) is 1. The van der Waals surface area contributed by atoms with E-state index in [1.807, 2.05) is 24.3 Å². The Morgan fingerprint density at radius 3 is 3.00 bits per heavy atom. The lowest BCUT2D eigenvalue weighted by Crippen LogP contribution is -2.16. The maximum absolute atomic E-state index is 11.3. The topological polar surface area (TPSA) is 29.1 Å². The molecule has 0 saturated heterocycles. The normalized spacial score (nSPS) is 21.5. The van der Waals surface area contributed by atoms with Crippen molar-refractivity contribution >= 4 is 19.4 Å². The van der Waals surface area contributed by atoms with Crippen molar-refractivity contribution in [2.75, 3.05) is 5.32 Å². The fourth-order valence-electron chi connectivity index (χ4n) is 1.53. The van der Waals surface area contributed by atoms with Gasteiger partial charge in [-0.1, -0.05) is 18.2 Å². The van der Waals surface area contributed by atoms with Gasteiger partial charge in [0.2, 0.25) is 5.91 Å². The summed E-state index contributed by atoms with van der Waals surface area (Å²) in [6.45, 7) is 0. The van der Waals surface area contributed by atoms with Crippen molar-refractivity contribution in [2.24, 2.45) is 0 Å². The standard InChI is InChI=1S/C10H10BNO/c11-8-6-5-7-3-1-2-4-9(7)12-10(8)13/h1-4,8H,5-6H2,(H,12,13). The molecule has 2 rings (SSSR count). The summed E-state index contributed by atoms with van der Waals surface area (Å²) in [6, 6.07) is 7.82. The molecule has 1 atom stereocenters. The largest absolute Gasteiger partial charge is 0.326 e. The molecule has 1 aromatic rings. The van der Waals surface area contributed by atoms with Gasteiger partial charge in [0.15, 0.2) is 0 Å². The number of amides is 1. The second-order valence-electron chi connectivity index (χ2n) is 3.29. The van der Waals surface area contributed by atoms with Gasteiger partial charge >= 0.3 is 0 Å². The molecule has 13 heavy (non-hydrogen) atoms. The monoisotopic (exact) mass is 171 g/mol. The van der Waals surface area contributed by atoms with E-state index >= 15 is 0 Å². The molecule has 2 radical (unpaired) electrons. The minimum Gasteiger partial charge on any atom is -0.326 e. The van der Waals surface area contributed by atoms with Crippen LogP contribution in [-0.2, 0) is 11.2 Å². The molecule has 1 heterocycles. The zero-order valence-corrected chi connectivity index (χ0v) is 7.29. The fraction of sp³-hybridized carbons (Fsp3) is 0.300. The number of nitrogens with one attached hydrogen (secondary N) is 1. The minimum atomic E-state index is -0.368. The summed E-state index contributed by atoms with van der Waals surface area (Å²) in [7, 11) is 5.65. The van der Waals surface area contributed by atoms with Crippen LogP contribution in [0.15, 0.2) is 24.3 Å². The highest BCUT2D eigenvalue weighted by Gasteiger charge is 2.18. The van der Waals surface area contributed by atoms with E-state index in [1.54, 1.807) is 0 Å². The van der Waals surface area contributed by atoms with Crippen LogP contribution in [-0.4, -0.2) is 13.8 Å². The molecule has 0 bridgehead atoms. The first kappa shape index (κ1) is 8.36. The third kappa shape index (κ3) is 1.59. The lowest BCUT2D eigenvalue weighted by molar-refractivity contribution is -0.116. The van der Waals surface area contributed by atoms with E-state index in [2.05, 4.69) is 5.32 Å². The molecule has 0 saturated carbocycles. The molecule has 1 aromatic carbocycles. The third-order valence-electron chi connectivity index (χ3n) is 2.34. The first-order chi connectivity index (χ1) is 6.27. The van der Waals surface area contributed by atoms with Crippen LogP contribution in [0.5, 0.6) is 0 Å².